The van der Waals surface area contributed by atoms with Crippen LogP contribution in [0.25, 0.3) is 16.6 Å². The molecule has 140 valence electrons. The molecule has 1 fully saturated rings. The molecule has 0 aliphatic carbocycles. The van der Waals surface area contributed by atoms with Gasteiger partial charge in [0.1, 0.15) is 5.82 Å². The van der Waals surface area contributed by atoms with Crippen molar-refractivity contribution in [3.63, 3.8) is 0 Å². The highest BCUT2D eigenvalue weighted by Gasteiger charge is 2.40. The van der Waals surface area contributed by atoms with Crippen LogP contribution in [0.2, 0.25) is 10.0 Å². The van der Waals surface area contributed by atoms with Crippen molar-refractivity contribution in [2.24, 2.45) is 0 Å². The number of benzene rings is 1. The first-order valence-corrected chi connectivity index (χ1v) is 9.06. The molecule has 1 saturated heterocycles. The standard InChI is InChI=1S/C18H16Cl2N4O3/c1-27-18(26)17-13(25)4-6-24(17)14-8-12(23-7-5-21-9-23)10-2-3-11(19)15(20)16(10)22-14/h2-3,5,7-9,13,17,25H,4,6H2,1H3/t13-,17+/m1/s1. The van der Waals surface area contributed by atoms with Gasteiger partial charge < -0.3 is 19.3 Å². The van der Waals surface area contributed by atoms with Gasteiger partial charge in [0.2, 0.25) is 0 Å². The number of aliphatic hydroxyl groups is 1. The average Bonchev–Trinajstić information content (AvgIpc) is 3.33. The molecular weight excluding hydrogens is 391 g/mol. The van der Waals surface area contributed by atoms with Crippen molar-refractivity contribution in [1.29, 1.82) is 0 Å². The molecule has 1 N–H and O–H groups in total. The molecule has 4 rings (SSSR count). The number of halogens is 2. The van der Waals surface area contributed by atoms with Crippen molar-refractivity contribution in [2.75, 3.05) is 18.6 Å². The number of nitrogens with zero attached hydrogens (tertiary/aromatic N) is 4. The van der Waals surface area contributed by atoms with E-state index in [1.807, 2.05) is 16.7 Å². The number of pyridine rings is 1. The van der Waals surface area contributed by atoms with Crippen molar-refractivity contribution >= 4 is 45.9 Å². The summed E-state index contributed by atoms with van der Waals surface area (Å²) in [5.74, 6) is -0.00872. The zero-order valence-electron chi connectivity index (χ0n) is 14.3. The molecule has 1 aromatic carbocycles. The Hall–Kier alpha value is -2.35. The van der Waals surface area contributed by atoms with E-state index in [-0.39, 0.29) is 0 Å². The summed E-state index contributed by atoms with van der Waals surface area (Å²) in [7, 11) is 1.30. The number of rotatable bonds is 3. The van der Waals surface area contributed by atoms with Gasteiger partial charge in [0.25, 0.3) is 0 Å². The molecule has 0 bridgehead atoms. The molecule has 2 atom stereocenters. The maximum Gasteiger partial charge on any atom is 0.331 e. The van der Waals surface area contributed by atoms with Gasteiger partial charge in [-0.2, -0.15) is 0 Å². The lowest BCUT2D eigenvalue weighted by atomic mass is 10.1. The molecule has 27 heavy (non-hydrogen) atoms. The van der Waals surface area contributed by atoms with E-state index >= 15 is 0 Å². The van der Waals surface area contributed by atoms with Crippen LogP contribution < -0.4 is 4.90 Å². The fourth-order valence-corrected chi connectivity index (χ4v) is 3.76. The van der Waals surface area contributed by atoms with Crippen LogP contribution in [0.3, 0.4) is 0 Å². The lowest BCUT2D eigenvalue weighted by molar-refractivity contribution is -0.144. The van der Waals surface area contributed by atoms with Gasteiger partial charge in [-0.15, -0.1) is 0 Å². The minimum Gasteiger partial charge on any atom is -0.467 e. The molecule has 9 heteroatoms. The fourth-order valence-electron chi connectivity index (χ4n) is 3.40. The summed E-state index contributed by atoms with van der Waals surface area (Å²) in [6.07, 6.45) is 4.74. The molecule has 3 heterocycles. The maximum atomic E-state index is 12.2. The van der Waals surface area contributed by atoms with Gasteiger partial charge in [0, 0.05) is 30.4 Å². The number of carbonyl (C=O) groups excluding carboxylic acids is 1. The van der Waals surface area contributed by atoms with Gasteiger partial charge in [0.05, 0.1) is 40.8 Å². The second kappa shape index (κ2) is 6.99. The van der Waals surface area contributed by atoms with E-state index in [2.05, 4.69) is 9.97 Å². The van der Waals surface area contributed by atoms with Crippen LogP contribution in [0.5, 0.6) is 0 Å². The number of hydrogen-bond donors (Lipinski definition) is 1. The van der Waals surface area contributed by atoms with E-state index in [1.54, 1.807) is 29.7 Å². The topological polar surface area (TPSA) is 80.5 Å². The number of carbonyl (C=O) groups is 1. The van der Waals surface area contributed by atoms with Crippen molar-refractivity contribution < 1.29 is 14.6 Å². The van der Waals surface area contributed by atoms with E-state index < -0.39 is 18.1 Å². The normalized spacial score (nSPS) is 19.6. The van der Waals surface area contributed by atoms with Gasteiger partial charge in [-0.25, -0.2) is 14.8 Å². The first-order valence-electron chi connectivity index (χ1n) is 8.31. The summed E-state index contributed by atoms with van der Waals surface area (Å²) >= 11 is 12.6. The summed E-state index contributed by atoms with van der Waals surface area (Å²) in [6.45, 7) is 0.459. The maximum absolute atomic E-state index is 12.2. The Morgan fingerprint density at radius 2 is 2.19 bits per heavy atom. The third kappa shape index (κ3) is 3.01. The van der Waals surface area contributed by atoms with Gasteiger partial charge in [-0.1, -0.05) is 23.2 Å². The molecule has 7 nitrogen and oxygen atoms in total. The Morgan fingerprint density at radius 1 is 1.37 bits per heavy atom. The number of methoxy groups -OCH3 is 1. The van der Waals surface area contributed by atoms with E-state index in [1.165, 1.54) is 7.11 Å². The summed E-state index contributed by atoms with van der Waals surface area (Å²) in [4.78, 5) is 22.7. The van der Waals surface area contributed by atoms with Gasteiger partial charge in [-0.3, -0.25) is 0 Å². The minimum absolute atomic E-state index is 0.326. The Balaban J connectivity index is 1.94. The summed E-state index contributed by atoms with van der Waals surface area (Å²) in [6, 6.07) is 4.56. The molecule has 3 aromatic rings. The predicted octanol–water partition coefficient (Wildman–Crippen LogP) is 2.84. The van der Waals surface area contributed by atoms with Crippen molar-refractivity contribution in [3.05, 3.63) is 47.0 Å². The number of ether oxygens (including phenoxy) is 1. The summed E-state index contributed by atoms with van der Waals surface area (Å²) in [5, 5.41) is 11.8. The first kappa shape index (κ1) is 18.0. The average molecular weight is 407 g/mol. The SMILES string of the molecule is COC(=O)[C@@H]1[C@H](O)CCN1c1cc(-n2ccnc2)c2ccc(Cl)c(Cl)c2n1. The Morgan fingerprint density at radius 3 is 2.89 bits per heavy atom. The summed E-state index contributed by atoms with van der Waals surface area (Å²) < 4.78 is 6.69. The third-order valence-electron chi connectivity index (χ3n) is 4.72. The number of aliphatic hydroxyl groups excluding tert-OH is 1. The molecule has 2 aromatic heterocycles. The van der Waals surface area contributed by atoms with E-state index in [0.29, 0.717) is 34.3 Å². The number of aromatic nitrogens is 3. The lowest BCUT2D eigenvalue weighted by Crippen LogP contribution is -2.43. The highest BCUT2D eigenvalue weighted by molar-refractivity contribution is 6.45. The molecule has 1 aliphatic rings. The van der Waals surface area contributed by atoms with Crippen LogP contribution in [0.1, 0.15) is 6.42 Å². The van der Waals surface area contributed by atoms with Crippen molar-refractivity contribution in [1.82, 2.24) is 14.5 Å². The molecule has 0 unspecified atom stereocenters. The number of hydrogen-bond acceptors (Lipinski definition) is 6. The molecule has 0 spiro atoms. The predicted molar refractivity (Wildman–Crippen MR) is 103 cm³/mol. The molecule has 0 saturated carbocycles. The third-order valence-corrected chi connectivity index (χ3v) is 5.52. The Labute approximate surface area is 165 Å². The van der Waals surface area contributed by atoms with Crippen molar-refractivity contribution in [2.45, 2.75) is 18.6 Å². The van der Waals surface area contributed by atoms with Gasteiger partial charge in [-0.05, 0) is 18.6 Å². The molecular formula is C18H16Cl2N4O3. The molecule has 0 radical (unpaired) electrons. The summed E-state index contributed by atoms with van der Waals surface area (Å²) in [5.41, 5.74) is 1.30. The quantitative estimate of drug-likeness (QED) is 0.673. The molecule has 1 aliphatic heterocycles. The van der Waals surface area contributed by atoms with Crippen LogP contribution in [0.4, 0.5) is 5.82 Å². The van der Waals surface area contributed by atoms with Crippen LogP contribution in [-0.2, 0) is 9.53 Å². The largest absolute Gasteiger partial charge is 0.467 e. The smallest absolute Gasteiger partial charge is 0.331 e. The fraction of sp³-hybridized carbons (Fsp3) is 0.278. The van der Waals surface area contributed by atoms with Gasteiger partial charge >= 0.3 is 5.97 Å². The highest BCUT2D eigenvalue weighted by atomic mass is 35.5. The minimum atomic E-state index is -0.832. The van der Waals surface area contributed by atoms with Crippen molar-refractivity contribution in [3.8, 4) is 5.69 Å². The van der Waals surface area contributed by atoms with Crippen LogP contribution in [0.15, 0.2) is 36.9 Å². The van der Waals surface area contributed by atoms with Crippen LogP contribution in [0, 0.1) is 0 Å². The van der Waals surface area contributed by atoms with Gasteiger partial charge in [0.15, 0.2) is 6.04 Å². The zero-order valence-corrected chi connectivity index (χ0v) is 15.9. The number of esters is 1. The number of imidazole rings is 1. The van der Waals surface area contributed by atoms with E-state index in [4.69, 9.17) is 27.9 Å². The van der Waals surface area contributed by atoms with Crippen LogP contribution >= 0.6 is 23.2 Å². The van der Waals surface area contributed by atoms with E-state index in [0.717, 1.165) is 11.1 Å². The van der Waals surface area contributed by atoms with E-state index in [9.17, 15) is 9.90 Å². The monoisotopic (exact) mass is 406 g/mol. The first-order chi connectivity index (χ1) is 13.0. The highest BCUT2D eigenvalue weighted by Crippen LogP contribution is 2.36. The Bertz CT molecular complexity index is 1010. The molecule has 0 amide bonds. The second-order valence-electron chi connectivity index (χ2n) is 6.24. The zero-order chi connectivity index (χ0) is 19.1. The number of fused-ring (bicyclic) bond motifs is 1. The Kier molecular flexibility index (Phi) is 4.67. The number of anilines is 1. The second-order valence-corrected chi connectivity index (χ2v) is 7.03. The van der Waals surface area contributed by atoms with Crippen LogP contribution in [-0.4, -0.2) is 51.4 Å². The lowest BCUT2D eigenvalue weighted by Gasteiger charge is -2.26.